The number of hydrogen-bond donors (Lipinski definition) is 2. The Morgan fingerprint density at radius 2 is 2.00 bits per heavy atom. The van der Waals surface area contributed by atoms with E-state index in [-0.39, 0.29) is 35.7 Å². The normalized spacial score (nSPS) is 21.8. The van der Waals surface area contributed by atoms with Gasteiger partial charge in [0.15, 0.2) is 5.78 Å². The van der Waals surface area contributed by atoms with Crippen molar-refractivity contribution in [3.63, 3.8) is 0 Å². The Labute approximate surface area is 171 Å². The second-order valence-corrected chi connectivity index (χ2v) is 8.84. The molecular weight excluding hydrogens is 352 g/mol. The van der Waals surface area contributed by atoms with Gasteiger partial charge in [-0.25, -0.2) is 0 Å². The van der Waals surface area contributed by atoms with Gasteiger partial charge in [0.25, 0.3) is 0 Å². The summed E-state index contributed by atoms with van der Waals surface area (Å²) in [6, 6.07) is 0. The molecule has 1 aliphatic rings. The summed E-state index contributed by atoms with van der Waals surface area (Å²) in [7, 11) is 0. The van der Waals surface area contributed by atoms with Gasteiger partial charge in [-0.05, 0) is 49.9 Å². The Morgan fingerprint density at radius 1 is 1.25 bits per heavy atom. The van der Waals surface area contributed by atoms with Crippen LogP contribution in [0, 0.1) is 17.3 Å². The Balaban J connectivity index is 2.44. The molecule has 2 N–H and O–H groups in total. The van der Waals surface area contributed by atoms with Crippen molar-refractivity contribution in [2.24, 2.45) is 17.3 Å². The van der Waals surface area contributed by atoms with Gasteiger partial charge in [-0.15, -0.1) is 0 Å². The summed E-state index contributed by atoms with van der Waals surface area (Å²) >= 11 is 0. The largest absolute Gasteiger partial charge is 0.392 e. The van der Waals surface area contributed by atoms with Gasteiger partial charge in [0.1, 0.15) is 12.4 Å². The van der Waals surface area contributed by atoms with Gasteiger partial charge in [-0.2, -0.15) is 0 Å². The number of allylic oxidation sites excluding steroid dienone is 3. The van der Waals surface area contributed by atoms with E-state index in [0.717, 1.165) is 44.9 Å². The van der Waals surface area contributed by atoms with Crippen molar-refractivity contribution in [1.29, 1.82) is 0 Å². The van der Waals surface area contributed by atoms with Crippen molar-refractivity contribution >= 4 is 11.6 Å². The molecule has 1 aliphatic carbocycles. The molecule has 160 valence electrons. The third-order valence-electron chi connectivity index (χ3n) is 6.03. The zero-order chi connectivity index (χ0) is 21.0. The second-order valence-electron chi connectivity index (χ2n) is 8.84. The molecule has 0 heterocycles. The highest BCUT2D eigenvalue weighted by Gasteiger charge is 2.32. The molecule has 0 saturated heterocycles. The lowest BCUT2D eigenvalue weighted by molar-refractivity contribution is -0.122. The van der Waals surface area contributed by atoms with E-state index in [1.807, 2.05) is 6.08 Å². The fraction of sp³-hybridized carbons (Fsp3) is 0.750. The molecule has 1 fully saturated rings. The number of Topliss-reactive ketones (excluding diaryl/α,β-unsaturated/α-hetero) is 2. The average molecular weight is 393 g/mol. The molecule has 0 spiro atoms. The molecule has 0 aromatic rings. The minimum atomic E-state index is -0.376. The Hall–Kier alpha value is -1.26. The van der Waals surface area contributed by atoms with Crippen molar-refractivity contribution in [3.05, 3.63) is 24.3 Å². The number of hydrogen-bond acceptors (Lipinski definition) is 4. The van der Waals surface area contributed by atoms with E-state index in [1.54, 1.807) is 0 Å². The first-order chi connectivity index (χ1) is 13.3. The van der Waals surface area contributed by atoms with E-state index in [4.69, 9.17) is 5.11 Å². The van der Waals surface area contributed by atoms with Crippen LogP contribution in [0.5, 0.6) is 0 Å². The van der Waals surface area contributed by atoms with Crippen LogP contribution in [-0.4, -0.2) is 34.5 Å². The van der Waals surface area contributed by atoms with Gasteiger partial charge in [0, 0.05) is 18.8 Å². The first-order valence-electron chi connectivity index (χ1n) is 11.0. The quantitative estimate of drug-likeness (QED) is 0.329. The topological polar surface area (TPSA) is 74.6 Å². The van der Waals surface area contributed by atoms with Crippen LogP contribution in [-0.2, 0) is 9.59 Å². The molecule has 0 radical (unpaired) electrons. The van der Waals surface area contributed by atoms with Crippen LogP contribution in [0.3, 0.4) is 0 Å². The minimum absolute atomic E-state index is 0.0387. The highest BCUT2D eigenvalue weighted by molar-refractivity contribution is 5.83. The summed E-state index contributed by atoms with van der Waals surface area (Å²) in [5, 5.41) is 19.2. The monoisotopic (exact) mass is 392 g/mol. The predicted molar refractivity (Wildman–Crippen MR) is 114 cm³/mol. The molecule has 1 rings (SSSR count). The Bertz CT molecular complexity index is 533. The molecule has 3 atom stereocenters. The maximum Gasteiger partial charge on any atom is 0.158 e. The van der Waals surface area contributed by atoms with E-state index < -0.39 is 0 Å². The zero-order valence-electron chi connectivity index (χ0n) is 18.0. The van der Waals surface area contributed by atoms with Gasteiger partial charge < -0.3 is 10.2 Å². The van der Waals surface area contributed by atoms with Crippen molar-refractivity contribution in [2.75, 3.05) is 6.61 Å². The molecule has 0 bridgehead atoms. The molecule has 1 saturated carbocycles. The highest BCUT2D eigenvalue weighted by atomic mass is 16.3. The number of aliphatic hydroxyl groups excluding tert-OH is 2. The molecule has 4 nitrogen and oxygen atoms in total. The van der Waals surface area contributed by atoms with Crippen molar-refractivity contribution in [3.8, 4) is 0 Å². The zero-order valence-corrected chi connectivity index (χ0v) is 18.0. The first kappa shape index (κ1) is 24.8. The lowest BCUT2D eigenvalue weighted by Gasteiger charge is -2.30. The number of carbonyl (C=O) groups is 2. The predicted octanol–water partition coefficient (Wildman–Crippen LogP) is 4.78. The maximum atomic E-state index is 12.2. The van der Waals surface area contributed by atoms with Crippen LogP contribution >= 0.6 is 0 Å². The van der Waals surface area contributed by atoms with Gasteiger partial charge in [-0.1, -0.05) is 57.9 Å². The standard InChI is InChI=1S/C24H40O4/c1-4-5-17-24(2,3)23(28)14-10-11-19-15-16-22(27)21(19)13-9-7-6-8-12-20(26)18-25/h7,9-11,19,21,23,25,28H,4-6,8,12-18H2,1-3H3/t19-,21+,23?/m0/s1. The Kier molecular flexibility index (Phi) is 11.6. The van der Waals surface area contributed by atoms with Crippen LogP contribution in [0.4, 0.5) is 0 Å². The van der Waals surface area contributed by atoms with Crippen molar-refractivity contribution < 1.29 is 19.8 Å². The third-order valence-corrected chi connectivity index (χ3v) is 6.03. The van der Waals surface area contributed by atoms with E-state index in [1.165, 1.54) is 0 Å². The maximum absolute atomic E-state index is 12.2. The number of ketones is 2. The van der Waals surface area contributed by atoms with Gasteiger partial charge in [0.05, 0.1) is 6.10 Å². The summed E-state index contributed by atoms with van der Waals surface area (Å²) < 4.78 is 0. The second kappa shape index (κ2) is 13.1. The smallest absolute Gasteiger partial charge is 0.158 e. The SMILES string of the molecule is CCCCC(C)(C)C(O)CC=C[C@H]1CCC(=O)[C@@H]1CC=CCCCC(=O)CO. The number of rotatable bonds is 14. The van der Waals surface area contributed by atoms with Crippen LogP contribution in [0.15, 0.2) is 24.3 Å². The number of unbranched alkanes of at least 4 members (excludes halogenated alkanes) is 2. The molecule has 0 aromatic carbocycles. The van der Waals surface area contributed by atoms with Gasteiger partial charge >= 0.3 is 0 Å². The van der Waals surface area contributed by atoms with Gasteiger partial charge in [-0.3, -0.25) is 9.59 Å². The summed E-state index contributed by atoms with van der Waals surface area (Å²) in [4.78, 5) is 23.3. The molecule has 4 heteroatoms. The summed E-state index contributed by atoms with van der Waals surface area (Å²) in [5.41, 5.74) is -0.0780. The fourth-order valence-electron chi connectivity index (χ4n) is 3.83. The fourth-order valence-corrected chi connectivity index (χ4v) is 3.83. The minimum Gasteiger partial charge on any atom is -0.392 e. The molecular formula is C24H40O4. The molecule has 0 aliphatic heterocycles. The van der Waals surface area contributed by atoms with E-state index >= 15 is 0 Å². The summed E-state index contributed by atoms with van der Waals surface area (Å²) in [6.45, 7) is 6.05. The van der Waals surface area contributed by atoms with E-state index in [2.05, 4.69) is 39.0 Å². The van der Waals surface area contributed by atoms with Crippen LogP contribution in [0.1, 0.15) is 85.0 Å². The number of carbonyl (C=O) groups excluding carboxylic acids is 2. The number of aliphatic hydroxyl groups is 2. The Morgan fingerprint density at radius 3 is 2.68 bits per heavy atom. The summed E-state index contributed by atoms with van der Waals surface area (Å²) in [6.07, 6.45) is 16.1. The van der Waals surface area contributed by atoms with Crippen LogP contribution in [0.25, 0.3) is 0 Å². The third kappa shape index (κ3) is 8.83. The lowest BCUT2D eigenvalue weighted by atomic mass is 9.80. The van der Waals surface area contributed by atoms with E-state index in [9.17, 15) is 14.7 Å². The average Bonchev–Trinajstić information content (AvgIpc) is 3.02. The first-order valence-corrected chi connectivity index (χ1v) is 11.0. The highest BCUT2D eigenvalue weighted by Crippen LogP contribution is 2.34. The van der Waals surface area contributed by atoms with Crippen LogP contribution in [0.2, 0.25) is 0 Å². The van der Waals surface area contributed by atoms with Crippen molar-refractivity contribution in [1.82, 2.24) is 0 Å². The molecule has 1 unspecified atom stereocenters. The van der Waals surface area contributed by atoms with Crippen LogP contribution < -0.4 is 0 Å². The van der Waals surface area contributed by atoms with E-state index in [0.29, 0.717) is 25.0 Å². The lowest BCUT2D eigenvalue weighted by Crippen LogP contribution is -2.28. The van der Waals surface area contributed by atoms with Crippen molar-refractivity contribution in [2.45, 2.75) is 91.1 Å². The summed E-state index contributed by atoms with van der Waals surface area (Å²) in [5.74, 6) is 0.513. The molecule has 28 heavy (non-hydrogen) atoms. The molecule has 0 aromatic heterocycles. The van der Waals surface area contributed by atoms with Gasteiger partial charge in [0.2, 0.25) is 0 Å². The molecule has 0 amide bonds.